The molecule has 0 amide bonds. The zero-order valence-corrected chi connectivity index (χ0v) is 15.8. The molecule has 0 aromatic heterocycles. The van der Waals surface area contributed by atoms with E-state index in [0.717, 1.165) is 0 Å². The van der Waals surface area contributed by atoms with Crippen LogP contribution in [0.2, 0.25) is 0 Å². The topological polar surface area (TPSA) is 128 Å². The van der Waals surface area contributed by atoms with Gasteiger partial charge in [-0.05, 0) is 26.7 Å². The molecule has 2 saturated heterocycles. The summed E-state index contributed by atoms with van der Waals surface area (Å²) in [5, 5.41) is 11.7. The van der Waals surface area contributed by atoms with Crippen LogP contribution >= 0.6 is 0 Å². The smallest absolute Gasteiger partial charge is 0.336 e. The second kappa shape index (κ2) is 4.98. The lowest BCUT2D eigenvalue weighted by Crippen LogP contribution is -2.76. The number of aliphatic hydroxyl groups is 1. The van der Waals surface area contributed by atoms with Crippen molar-refractivity contribution in [3.05, 3.63) is 0 Å². The molecule has 10 heteroatoms. The lowest BCUT2D eigenvalue weighted by Gasteiger charge is -2.59. The van der Waals surface area contributed by atoms with E-state index in [0.29, 0.717) is 6.42 Å². The van der Waals surface area contributed by atoms with Gasteiger partial charge in [0.25, 0.3) is 0 Å². The van der Waals surface area contributed by atoms with Crippen LogP contribution in [0, 0.1) is 23.2 Å². The summed E-state index contributed by atoms with van der Waals surface area (Å²) in [6, 6.07) is 0. The summed E-state index contributed by atoms with van der Waals surface area (Å²) in [7, 11) is -2.89. The molecule has 0 spiro atoms. The third-order valence-corrected chi connectivity index (χ3v) is 8.28. The van der Waals surface area contributed by atoms with Gasteiger partial charge in [0, 0.05) is 11.5 Å². The SMILES string of the molecule is COC(=O)[C@H]1[C@H]2[C@@H](OS(=O)(=O)NC2(C)C)[C@H]2OC(=O)[C@H]3CC[C@]1(O)[C@]32C. The molecule has 7 atom stereocenters. The molecule has 0 aromatic carbocycles. The van der Waals surface area contributed by atoms with Crippen molar-refractivity contribution in [2.24, 2.45) is 23.2 Å². The number of fused-ring (bicyclic) bond motifs is 2. The number of nitrogens with one attached hydrogen (secondary N) is 1. The number of carbonyl (C=O) groups is 2. The van der Waals surface area contributed by atoms with Crippen LogP contribution in [0.4, 0.5) is 0 Å². The Morgan fingerprint density at radius 1 is 1.35 bits per heavy atom. The molecular formula is C16H23NO8S. The minimum Gasteiger partial charge on any atom is -0.469 e. The van der Waals surface area contributed by atoms with E-state index in [1.807, 2.05) is 0 Å². The second-order valence-corrected chi connectivity index (χ2v) is 9.83. The van der Waals surface area contributed by atoms with Crippen LogP contribution in [0.1, 0.15) is 33.6 Å². The summed E-state index contributed by atoms with van der Waals surface area (Å²) in [5.41, 5.74) is -3.82. The first-order valence-electron chi connectivity index (χ1n) is 8.62. The zero-order chi connectivity index (χ0) is 19.3. The highest BCUT2D eigenvalue weighted by molar-refractivity contribution is 7.84. The van der Waals surface area contributed by atoms with Gasteiger partial charge in [0.05, 0.1) is 30.0 Å². The molecule has 4 fully saturated rings. The fourth-order valence-corrected chi connectivity index (χ4v) is 7.25. The van der Waals surface area contributed by atoms with Gasteiger partial charge in [-0.3, -0.25) is 13.8 Å². The Kier molecular flexibility index (Phi) is 3.47. The Balaban J connectivity index is 1.96. The Morgan fingerprint density at radius 2 is 2.00 bits per heavy atom. The monoisotopic (exact) mass is 389 g/mol. The first-order valence-corrected chi connectivity index (χ1v) is 10.0. The Bertz CT molecular complexity index is 794. The normalized spacial score (nSPS) is 50.5. The highest BCUT2D eigenvalue weighted by Crippen LogP contribution is 2.67. The fraction of sp³-hybridized carbons (Fsp3) is 0.875. The Hall–Kier alpha value is -1.23. The van der Waals surface area contributed by atoms with E-state index >= 15 is 0 Å². The van der Waals surface area contributed by atoms with Gasteiger partial charge in [-0.25, -0.2) is 0 Å². The number of esters is 2. The van der Waals surface area contributed by atoms with Gasteiger partial charge in [-0.1, -0.05) is 6.92 Å². The van der Waals surface area contributed by atoms with E-state index in [1.54, 1.807) is 20.8 Å². The Morgan fingerprint density at radius 3 is 2.62 bits per heavy atom. The minimum atomic E-state index is -4.11. The summed E-state index contributed by atoms with van der Waals surface area (Å²) in [6.07, 6.45) is -1.46. The van der Waals surface area contributed by atoms with Gasteiger partial charge in [-0.2, -0.15) is 13.1 Å². The van der Waals surface area contributed by atoms with Crippen molar-refractivity contribution in [3.8, 4) is 0 Å². The molecule has 2 aliphatic carbocycles. The van der Waals surface area contributed by atoms with Gasteiger partial charge in [-0.15, -0.1) is 0 Å². The van der Waals surface area contributed by atoms with E-state index in [1.165, 1.54) is 7.11 Å². The standard InChI is InChI=1S/C16H23NO8S/c1-14(2)8-9(13(19)23-4)16(20)6-5-7-12(18)24-11(15(7,16)3)10(8)25-26(21,22)17-14/h7-11,17,20H,5-6H2,1-4H3/t7-,8+,9-,10-,11-,15-,16-/m1/s1. The summed E-state index contributed by atoms with van der Waals surface area (Å²) in [4.78, 5) is 25.2. The van der Waals surface area contributed by atoms with Crippen molar-refractivity contribution in [2.45, 2.75) is 57.0 Å². The third kappa shape index (κ3) is 1.93. The molecule has 2 saturated carbocycles. The number of hydrogen-bond donors (Lipinski definition) is 2. The van der Waals surface area contributed by atoms with Crippen molar-refractivity contribution in [3.63, 3.8) is 0 Å². The first kappa shape index (κ1) is 18.1. The highest BCUT2D eigenvalue weighted by Gasteiger charge is 2.80. The van der Waals surface area contributed by atoms with Crippen LogP contribution in [-0.4, -0.2) is 55.9 Å². The van der Waals surface area contributed by atoms with Gasteiger partial charge >= 0.3 is 22.2 Å². The zero-order valence-electron chi connectivity index (χ0n) is 15.0. The Labute approximate surface area is 151 Å². The van der Waals surface area contributed by atoms with Gasteiger partial charge in [0.15, 0.2) is 0 Å². The lowest BCUT2D eigenvalue weighted by molar-refractivity contribution is -0.238. The predicted octanol–water partition coefficient (Wildman–Crippen LogP) is -0.510. The molecule has 0 aromatic rings. The van der Waals surface area contributed by atoms with Crippen LogP contribution in [0.25, 0.3) is 0 Å². The highest BCUT2D eigenvalue weighted by atomic mass is 32.2. The molecule has 4 aliphatic rings. The number of ether oxygens (including phenoxy) is 2. The number of methoxy groups -OCH3 is 1. The minimum absolute atomic E-state index is 0.228. The van der Waals surface area contributed by atoms with Crippen molar-refractivity contribution in [1.82, 2.24) is 4.72 Å². The third-order valence-electron chi connectivity index (χ3n) is 7.03. The van der Waals surface area contributed by atoms with Crippen molar-refractivity contribution >= 4 is 22.2 Å². The summed E-state index contributed by atoms with van der Waals surface area (Å²) in [6.45, 7) is 4.92. The van der Waals surface area contributed by atoms with E-state index in [-0.39, 0.29) is 6.42 Å². The molecule has 2 aliphatic heterocycles. The first-order chi connectivity index (χ1) is 11.9. The van der Waals surface area contributed by atoms with Gasteiger partial charge in [0.2, 0.25) is 0 Å². The quantitative estimate of drug-likeness (QED) is 0.574. The molecule has 0 radical (unpaired) electrons. The van der Waals surface area contributed by atoms with E-state index in [4.69, 9.17) is 13.7 Å². The summed E-state index contributed by atoms with van der Waals surface area (Å²) >= 11 is 0. The van der Waals surface area contributed by atoms with E-state index in [9.17, 15) is 23.1 Å². The molecule has 4 rings (SSSR count). The lowest BCUT2D eigenvalue weighted by atomic mass is 9.51. The maximum Gasteiger partial charge on any atom is 0.336 e. The summed E-state index contributed by atoms with van der Waals surface area (Å²) < 4.78 is 42.7. The molecule has 0 unspecified atom stereocenters. The molecule has 2 heterocycles. The van der Waals surface area contributed by atoms with Crippen LogP contribution < -0.4 is 4.72 Å². The maximum atomic E-state index is 12.7. The predicted molar refractivity (Wildman–Crippen MR) is 85.7 cm³/mol. The largest absolute Gasteiger partial charge is 0.469 e. The molecule has 26 heavy (non-hydrogen) atoms. The van der Waals surface area contributed by atoms with Crippen molar-refractivity contribution < 1.29 is 36.8 Å². The fourth-order valence-electron chi connectivity index (χ4n) is 5.91. The average molecular weight is 389 g/mol. The molecule has 9 nitrogen and oxygen atoms in total. The molecule has 146 valence electrons. The van der Waals surface area contributed by atoms with Crippen LogP contribution in [0.5, 0.6) is 0 Å². The van der Waals surface area contributed by atoms with Gasteiger partial charge < -0.3 is 14.6 Å². The van der Waals surface area contributed by atoms with Crippen molar-refractivity contribution in [2.75, 3.05) is 7.11 Å². The van der Waals surface area contributed by atoms with Gasteiger partial charge in [0.1, 0.15) is 12.2 Å². The van der Waals surface area contributed by atoms with Crippen LogP contribution in [-0.2, 0) is 33.6 Å². The second-order valence-electron chi connectivity index (χ2n) is 8.52. The summed E-state index contributed by atoms with van der Waals surface area (Å²) in [5.74, 6) is -3.59. The molecule has 2 N–H and O–H groups in total. The van der Waals surface area contributed by atoms with Crippen molar-refractivity contribution in [1.29, 1.82) is 0 Å². The van der Waals surface area contributed by atoms with E-state index in [2.05, 4.69) is 4.72 Å². The van der Waals surface area contributed by atoms with Crippen LogP contribution in [0.15, 0.2) is 0 Å². The number of carbonyl (C=O) groups excluding carboxylic acids is 2. The number of rotatable bonds is 1. The van der Waals surface area contributed by atoms with Crippen LogP contribution in [0.3, 0.4) is 0 Å². The maximum absolute atomic E-state index is 12.7. The van der Waals surface area contributed by atoms with E-state index < -0.39 is 68.8 Å². The average Bonchev–Trinajstić information content (AvgIpc) is 2.93. The molecular weight excluding hydrogens is 366 g/mol. The number of hydrogen-bond acceptors (Lipinski definition) is 8. The molecule has 0 bridgehead atoms.